The fourth-order valence-corrected chi connectivity index (χ4v) is 4.16. The van der Waals surface area contributed by atoms with Crippen LogP contribution in [0.3, 0.4) is 0 Å². The molecule has 0 spiro atoms. The molecule has 9 heteroatoms. The number of benzene rings is 3. The van der Waals surface area contributed by atoms with E-state index in [-0.39, 0.29) is 18.4 Å². The second-order valence-corrected chi connectivity index (χ2v) is 9.77. The predicted octanol–water partition coefficient (Wildman–Crippen LogP) is 4.72. The van der Waals surface area contributed by atoms with Gasteiger partial charge in [0.25, 0.3) is 5.91 Å². The number of nitrogens with one attached hydrogen (secondary N) is 1. The highest BCUT2D eigenvalue weighted by atomic mass is 35.5. The van der Waals surface area contributed by atoms with Gasteiger partial charge < -0.3 is 10.0 Å². The number of hydrogen-bond donors (Lipinski definition) is 2. The Kier molecular flexibility index (Phi) is 8.43. The summed E-state index contributed by atoms with van der Waals surface area (Å²) in [6, 6.07) is 24.7. The first-order chi connectivity index (χ1) is 18.2. The Hall–Kier alpha value is -4.17. The Balaban J connectivity index is 1.70. The molecule has 3 aromatic carbocycles. The summed E-state index contributed by atoms with van der Waals surface area (Å²) in [5, 5.41) is 19.3. The Morgan fingerprint density at radius 2 is 1.74 bits per heavy atom. The third-order valence-corrected chi connectivity index (χ3v) is 6.56. The highest BCUT2D eigenvalue weighted by Gasteiger charge is 2.32. The first-order valence-corrected chi connectivity index (χ1v) is 12.6. The number of carboxylic acid groups (broad SMARTS) is 1. The minimum atomic E-state index is -0.967. The number of aliphatic carboxylic acids is 1. The summed E-state index contributed by atoms with van der Waals surface area (Å²) < 4.78 is 0. The van der Waals surface area contributed by atoms with Gasteiger partial charge in [-0.1, -0.05) is 61.0 Å². The molecule has 1 heterocycles. The van der Waals surface area contributed by atoms with Crippen molar-refractivity contribution in [1.82, 2.24) is 10.3 Å². The zero-order valence-corrected chi connectivity index (χ0v) is 22.3. The van der Waals surface area contributed by atoms with E-state index in [1.165, 1.54) is 0 Å². The van der Waals surface area contributed by atoms with Crippen LogP contribution in [0.2, 0.25) is 5.02 Å². The first-order valence-electron chi connectivity index (χ1n) is 12.3. The molecule has 0 aromatic heterocycles. The van der Waals surface area contributed by atoms with Gasteiger partial charge in [0.15, 0.2) is 0 Å². The predicted molar refractivity (Wildman–Crippen MR) is 151 cm³/mol. The zero-order valence-electron chi connectivity index (χ0n) is 21.5. The molecule has 1 aliphatic rings. The van der Waals surface area contributed by atoms with Crippen LogP contribution in [0, 0.1) is 5.92 Å². The number of nitrogens with zero attached hydrogens (tertiary/aromatic N) is 4. The van der Waals surface area contributed by atoms with Crippen LogP contribution < -0.4 is 10.2 Å². The van der Waals surface area contributed by atoms with Gasteiger partial charge >= 0.3 is 5.97 Å². The second kappa shape index (κ2) is 11.9. The molecule has 2 N–H and O–H groups in total. The lowest BCUT2D eigenvalue weighted by molar-refractivity contribution is -0.140. The summed E-state index contributed by atoms with van der Waals surface area (Å²) in [7, 11) is 3.97. The van der Waals surface area contributed by atoms with Gasteiger partial charge in [0.2, 0.25) is 5.96 Å². The molecule has 0 aliphatic carbocycles. The van der Waals surface area contributed by atoms with Crippen molar-refractivity contribution in [1.29, 1.82) is 0 Å². The molecule has 196 valence electrons. The Morgan fingerprint density at radius 3 is 2.34 bits per heavy atom. The van der Waals surface area contributed by atoms with Crippen LogP contribution in [0.1, 0.15) is 34.3 Å². The van der Waals surface area contributed by atoms with Crippen molar-refractivity contribution in [2.75, 3.05) is 32.1 Å². The highest BCUT2D eigenvalue weighted by molar-refractivity contribution is 6.30. The first kappa shape index (κ1) is 26.9. The molecule has 4 rings (SSSR count). The van der Waals surface area contributed by atoms with Crippen LogP contribution in [0.25, 0.3) is 0 Å². The third kappa shape index (κ3) is 6.39. The van der Waals surface area contributed by atoms with Crippen molar-refractivity contribution in [2.45, 2.75) is 12.8 Å². The number of carbonyl (C=O) groups is 2. The van der Waals surface area contributed by atoms with E-state index in [1.54, 1.807) is 36.2 Å². The molecule has 0 fully saturated rings. The van der Waals surface area contributed by atoms with Gasteiger partial charge in [0, 0.05) is 36.3 Å². The molecule has 0 bridgehead atoms. The third-order valence-electron chi connectivity index (χ3n) is 6.31. The number of halogens is 1. The largest absolute Gasteiger partial charge is 0.481 e. The normalized spacial score (nSPS) is 16.1. The number of rotatable bonds is 7. The van der Waals surface area contributed by atoms with E-state index in [1.807, 2.05) is 73.6 Å². The summed E-state index contributed by atoms with van der Waals surface area (Å²) in [5.41, 5.74) is 4.33. The number of anilines is 1. The van der Waals surface area contributed by atoms with E-state index >= 15 is 0 Å². The van der Waals surface area contributed by atoms with Gasteiger partial charge in [0.05, 0.1) is 24.7 Å². The number of carboxylic acids is 1. The van der Waals surface area contributed by atoms with Gasteiger partial charge in [0.1, 0.15) is 0 Å². The number of carbonyl (C=O) groups excluding carboxylic acids is 1. The molecule has 8 nitrogen and oxygen atoms in total. The number of aliphatic imine (C=N–C) groups is 1. The van der Waals surface area contributed by atoms with Gasteiger partial charge in [-0.05, 0) is 47.5 Å². The van der Waals surface area contributed by atoms with E-state index in [0.29, 0.717) is 17.1 Å². The Bertz CT molecular complexity index is 1340. The topological polar surface area (TPSA) is 97.6 Å². The van der Waals surface area contributed by atoms with Crippen LogP contribution in [0.15, 0.2) is 89.0 Å². The molecule has 1 amide bonds. The Morgan fingerprint density at radius 1 is 1.08 bits per heavy atom. The molecular formula is C29H30ClN5O3. The number of hydrogen-bond acceptors (Lipinski definition) is 5. The molecule has 0 saturated carbocycles. The average Bonchev–Trinajstić information content (AvgIpc) is 3.37. The van der Waals surface area contributed by atoms with Gasteiger partial charge in [-0.25, -0.2) is 5.01 Å². The molecule has 1 aliphatic heterocycles. The summed E-state index contributed by atoms with van der Waals surface area (Å²) in [4.78, 5) is 31.0. The summed E-state index contributed by atoms with van der Waals surface area (Å²) in [5.74, 6) is -1.98. The highest BCUT2D eigenvalue weighted by Crippen LogP contribution is 2.29. The minimum Gasteiger partial charge on any atom is -0.481 e. The summed E-state index contributed by atoms with van der Waals surface area (Å²) in [6.07, 6.45) is 0. The van der Waals surface area contributed by atoms with E-state index in [4.69, 9.17) is 16.7 Å². The molecule has 0 radical (unpaired) electrons. The van der Waals surface area contributed by atoms with Crippen molar-refractivity contribution in [2.24, 2.45) is 16.0 Å². The number of amides is 1. The van der Waals surface area contributed by atoms with Gasteiger partial charge in [-0.15, -0.1) is 0 Å². The zero-order chi connectivity index (χ0) is 27.2. The van der Waals surface area contributed by atoms with Crippen molar-refractivity contribution >= 4 is 40.8 Å². The van der Waals surface area contributed by atoms with Crippen molar-refractivity contribution in [3.8, 4) is 0 Å². The average molecular weight is 532 g/mol. The summed E-state index contributed by atoms with van der Waals surface area (Å²) in [6.45, 7) is 1.98. The lowest BCUT2D eigenvalue weighted by atomic mass is 9.90. The molecule has 3 aromatic rings. The fourth-order valence-electron chi connectivity index (χ4n) is 4.03. The molecule has 38 heavy (non-hydrogen) atoms. The minimum absolute atomic E-state index is 0.0134. The van der Waals surface area contributed by atoms with E-state index in [0.717, 1.165) is 22.5 Å². The van der Waals surface area contributed by atoms with Crippen molar-refractivity contribution in [3.63, 3.8) is 0 Å². The van der Waals surface area contributed by atoms with Crippen LogP contribution in [-0.4, -0.2) is 60.8 Å². The van der Waals surface area contributed by atoms with E-state index in [2.05, 4.69) is 10.3 Å². The maximum Gasteiger partial charge on any atom is 0.308 e. The van der Waals surface area contributed by atoms with E-state index in [9.17, 15) is 14.7 Å². The van der Waals surface area contributed by atoms with E-state index < -0.39 is 17.8 Å². The molecule has 2 unspecified atom stereocenters. The summed E-state index contributed by atoms with van der Waals surface area (Å²) >= 11 is 5.98. The SMILES string of the molecule is CC(CN=C(NC(=O)c1ccc(Cl)cc1)N1CC(c2ccccc2)C(c2ccc(N(C)C)cc2)=N1)C(=O)O. The second-order valence-electron chi connectivity index (χ2n) is 9.34. The molecule has 2 atom stereocenters. The Labute approximate surface area is 227 Å². The maximum atomic E-state index is 13.1. The number of guanidine groups is 1. The van der Waals surface area contributed by atoms with Gasteiger partial charge in [-0.3, -0.25) is 19.9 Å². The quantitative estimate of drug-likeness (QED) is 0.340. The van der Waals surface area contributed by atoms with Crippen LogP contribution in [-0.2, 0) is 4.79 Å². The molecular weight excluding hydrogens is 502 g/mol. The smallest absolute Gasteiger partial charge is 0.308 e. The van der Waals surface area contributed by atoms with Crippen molar-refractivity contribution < 1.29 is 14.7 Å². The van der Waals surface area contributed by atoms with Crippen LogP contribution in [0.4, 0.5) is 5.69 Å². The maximum absolute atomic E-state index is 13.1. The van der Waals surface area contributed by atoms with Crippen LogP contribution >= 0.6 is 11.6 Å². The lowest BCUT2D eigenvalue weighted by Crippen LogP contribution is -2.42. The monoisotopic (exact) mass is 531 g/mol. The fraction of sp³-hybridized carbons (Fsp3) is 0.241. The van der Waals surface area contributed by atoms with Crippen LogP contribution in [0.5, 0.6) is 0 Å². The standard InChI is InChI=1S/C29H30ClN5O3/c1-19(28(37)38)17-31-29(32-27(36)22-9-13-23(30)14-10-22)35-18-25(20-7-5-4-6-8-20)26(33-35)21-11-15-24(16-12-21)34(2)3/h4-16,19,25H,17-18H2,1-3H3,(H,37,38)(H,31,32,36). The van der Waals surface area contributed by atoms with Crippen molar-refractivity contribution in [3.05, 3.63) is 101 Å². The lowest BCUT2D eigenvalue weighted by Gasteiger charge is -2.19. The number of hydrazone groups is 1. The van der Waals surface area contributed by atoms with Gasteiger partial charge in [-0.2, -0.15) is 5.10 Å². The molecule has 0 saturated heterocycles.